The molecule has 24 heavy (non-hydrogen) atoms. The van der Waals surface area contributed by atoms with E-state index in [1.54, 1.807) is 18.2 Å². The Morgan fingerprint density at radius 2 is 1.92 bits per heavy atom. The van der Waals surface area contributed by atoms with Gasteiger partial charge in [0.05, 0.1) is 17.2 Å². The minimum atomic E-state index is -0.322. The van der Waals surface area contributed by atoms with Gasteiger partial charge in [0, 0.05) is 26.1 Å². The van der Waals surface area contributed by atoms with Crippen molar-refractivity contribution < 1.29 is 9.59 Å². The lowest BCUT2D eigenvalue weighted by Crippen LogP contribution is -2.35. The van der Waals surface area contributed by atoms with Crippen molar-refractivity contribution >= 4 is 22.8 Å². The third-order valence-electron chi connectivity index (χ3n) is 4.17. The van der Waals surface area contributed by atoms with Crippen LogP contribution in [0.3, 0.4) is 0 Å². The monoisotopic (exact) mass is 328 g/mol. The molecule has 0 bridgehead atoms. The van der Waals surface area contributed by atoms with E-state index < -0.39 is 0 Å². The summed E-state index contributed by atoms with van der Waals surface area (Å²) < 4.78 is 1.39. The van der Waals surface area contributed by atoms with Gasteiger partial charge in [0.2, 0.25) is 11.8 Å². The molecule has 1 aromatic heterocycles. The third kappa shape index (κ3) is 3.61. The van der Waals surface area contributed by atoms with Crippen LogP contribution in [0.4, 0.5) is 0 Å². The molecule has 0 saturated carbocycles. The lowest BCUT2D eigenvalue weighted by molar-refractivity contribution is -0.130. The molecule has 1 aromatic carbocycles. The molecule has 1 saturated heterocycles. The molecule has 0 radical (unpaired) electrons. The molecule has 1 fully saturated rings. The summed E-state index contributed by atoms with van der Waals surface area (Å²) in [5.41, 5.74) is 0.958. The molecule has 7 nitrogen and oxygen atoms in total. The molecule has 0 spiro atoms. The molecule has 7 heteroatoms. The van der Waals surface area contributed by atoms with Crippen molar-refractivity contribution in [2.45, 2.75) is 25.8 Å². The maximum Gasteiger partial charge on any atom is 0.269 e. The van der Waals surface area contributed by atoms with Gasteiger partial charge in [0.1, 0.15) is 6.54 Å². The average molecular weight is 328 g/mol. The van der Waals surface area contributed by atoms with E-state index in [0.29, 0.717) is 11.0 Å². The molecule has 2 heterocycles. The van der Waals surface area contributed by atoms with Crippen molar-refractivity contribution in [2.24, 2.45) is 0 Å². The van der Waals surface area contributed by atoms with E-state index in [1.165, 1.54) is 10.8 Å². The van der Waals surface area contributed by atoms with Crippen molar-refractivity contribution in [3.8, 4) is 0 Å². The van der Waals surface area contributed by atoms with Gasteiger partial charge in [-0.1, -0.05) is 12.1 Å². The highest BCUT2D eigenvalue weighted by atomic mass is 16.2. The summed E-state index contributed by atoms with van der Waals surface area (Å²) in [6.45, 7) is 1.82. The van der Waals surface area contributed by atoms with Gasteiger partial charge >= 0.3 is 0 Å². The molecule has 0 atom stereocenters. The fourth-order valence-electron chi connectivity index (χ4n) is 2.91. The number of likely N-dealkylation sites (tertiary alicyclic amines) is 1. The summed E-state index contributed by atoms with van der Waals surface area (Å²) in [6, 6.07) is 7.17. The maximum atomic E-state index is 12.1. The second-order valence-electron chi connectivity index (χ2n) is 5.86. The summed E-state index contributed by atoms with van der Waals surface area (Å²) in [6.07, 6.45) is 3.61. The van der Waals surface area contributed by atoms with Crippen LogP contribution in [0.1, 0.15) is 19.3 Å². The van der Waals surface area contributed by atoms with Crippen molar-refractivity contribution in [1.29, 1.82) is 0 Å². The number of hydrogen-bond donors (Lipinski definition) is 1. The Hall–Kier alpha value is -2.70. The highest BCUT2D eigenvalue weighted by Gasteiger charge is 2.17. The lowest BCUT2D eigenvalue weighted by atomic mass is 10.3. The van der Waals surface area contributed by atoms with Gasteiger partial charge < -0.3 is 10.2 Å². The topological polar surface area (TPSA) is 84.3 Å². The van der Waals surface area contributed by atoms with E-state index >= 15 is 0 Å². The molecule has 0 unspecified atom stereocenters. The van der Waals surface area contributed by atoms with Gasteiger partial charge in [0.15, 0.2) is 0 Å². The predicted octanol–water partition coefficient (Wildman–Crippen LogP) is 0.525. The molecule has 2 aromatic rings. The summed E-state index contributed by atoms with van der Waals surface area (Å²) in [7, 11) is 0. The first kappa shape index (κ1) is 16.2. The first-order valence-corrected chi connectivity index (χ1v) is 8.14. The van der Waals surface area contributed by atoms with Crippen LogP contribution in [0.25, 0.3) is 11.0 Å². The molecule has 1 aliphatic heterocycles. The maximum absolute atomic E-state index is 12.1. The van der Waals surface area contributed by atoms with Crippen LogP contribution in [0.5, 0.6) is 0 Å². The number of carbonyl (C=O) groups excluding carboxylic acids is 2. The second-order valence-corrected chi connectivity index (χ2v) is 5.86. The van der Waals surface area contributed by atoms with E-state index in [2.05, 4.69) is 10.3 Å². The zero-order chi connectivity index (χ0) is 16.9. The summed E-state index contributed by atoms with van der Waals surface area (Å²) >= 11 is 0. The van der Waals surface area contributed by atoms with Crippen LogP contribution in [-0.4, -0.2) is 45.9 Å². The van der Waals surface area contributed by atoms with Gasteiger partial charge in [-0.3, -0.25) is 19.0 Å². The number of hydrogen-bond acceptors (Lipinski definition) is 4. The molecular weight excluding hydrogens is 308 g/mol. The van der Waals surface area contributed by atoms with Gasteiger partial charge in [-0.2, -0.15) is 0 Å². The van der Waals surface area contributed by atoms with Crippen LogP contribution < -0.4 is 10.9 Å². The van der Waals surface area contributed by atoms with E-state index in [4.69, 9.17) is 0 Å². The Balaban J connectivity index is 1.58. The van der Waals surface area contributed by atoms with E-state index in [1.807, 2.05) is 11.0 Å². The Bertz CT molecular complexity index is 809. The summed E-state index contributed by atoms with van der Waals surface area (Å²) in [5, 5.41) is 2.71. The van der Waals surface area contributed by atoms with Gasteiger partial charge in [-0.05, 0) is 25.0 Å². The number of para-hydroxylation sites is 2. The molecular formula is C17H20N4O3. The van der Waals surface area contributed by atoms with Crippen LogP contribution in [-0.2, 0) is 16.1 Å². The molecule has 126 valence electrons. The highest BCUT2D eigenvalue weighted by molar-refractivity contribution is 5.81. The number of amides is 2. The SMILES string of the molecule is O=C(Cn1c(=O)cnc2ccccc21)NCCC(=O)N1CCCC1. The Kier molecular flexibility index (Phi) is 4.88. The lowest BCUT2D eigenvalue weighted by Gasteiger charge is -2.15. The van der Waals surface area contributed by atoms with Crippen molar-refractivity contribution in [3.63, 3.8) is 0 Å². The smallest absolute Gasteiger partial charge is 0.269 e. The number of nitrogens with zero attached hydrogens (tertiary/aromatic N) is 3. The van der Waals surface area contributed by atoms with Crippen molar-refractivity contribution in [1.82, 2.24) is 19.8 Å². The average Bonchev–Trinajstić information content (AvgIpc) is 3.12. The van der Waals surface area contributed by atoms with Crippen LogP contribution in [0, 0.1) is 0 Å². The number of nitrogens with one attached hydrogen (secondary N) is 1. The fourth-order valence-corrected chi connectivity index (χ4v) is 2.91. The van der Waals surface area contributed by atoms with Gasteiger partial charge in [-0.25, -0.2) is 4.98 Å². The van der Waals surface area contributed by atoms with Gasteiger partial charge in [0.25, 0.3) is 5.56 Å². The van der Waals surface area contributed by atoms with Crippen molar-refractivity contribution in [3.05, 3.63) is 40.8 Å². The normalized spacial score (nSPS) is 14.1. The van der Waals surface area contributed by atoms with Crippen LogP contribution in [0.2, 0.25) is 0 Å². The van der Waals surface area contributed by atoms with E-state index in [-0.39, 0.29) is 36.9 Å². The number of carbonyl (C=O) groups is 2. The summed E-state index contributed by atoms with van der Waals surface area (Å²) in [4.78, 5) is 41.9. The standard InChI is InChI=1S/C17H20N4O3/c22-15(18-8-7-16(23)20-9-3-4-10-20)12-21-14-6-2-1-5-13(14)19-11-17(21)24/h1-2,5-6,11H,3-4,7-10,12H2,(H,18,22). The zero-order valence-corrected chi connectivity index (χ0v) is 13.4. The predicted molar refractivity (Wildman–Crippen MR) is 89.4 cm³/mol. The minimum absolute atomic E-state index is 0.0688. The Morgan fingerprint density at radius 3 is 2.71 bits per heavy atom. The first-order valence-electron chi connectivity index (χ1n) is 8.14. The Labute approximate surface area is 139 Å². The quantitative estimate of drug-likeness (QED) is 0.867. The number of aromatic nitrogens is 2. The molecule has 2 amide bonds. The molecule has 1 aliphatic rings. The molecule has 0 aliphatic carbocycles. The van der Waals surface area contributed by atoms with E-state index in [0.717, 1.165) is 25.9 Å². The molecule has 1 N–H and O–H groups in total. The van der Waals surface area contributed by atoms with Crippen LogP contribution in [0.15, 0.2) is 35.3 Å². The van der Waals surface area contributed by atoms with Gasteiger partial charge in [-0.15, -0.1) is 0 Å². The Morgan fingerprint density at radius 1 is 1.17 bits per heavy atom. The summed E-state index contributed by atoms with van der Waals surface area (Å²) in [5.74, 6) is -0.220. The second kappa shape index (κ2) is 7.25. The fraction of sp³-hybridized carbons (Fsp3) is 0.412. The number of benzene rings is 1. The molecule has 3 rings (SSSR count). The largest absolute Gasteiger partial charge is 0.354 e. The third-order valence-corrected chi connectivity index (χ3v) is 4.17. The van der Waals surface area contributed by atoms with Crippen molar-refractivity contribution in [2.75, 3.05) is 19.6 Å². The van der Waals surface area contributed by atoms with Crippen LogP contribution >= 0.6 is 0 Å². The minimum Gasteiger partial charge on any atom is -0.354 e. The number of fused-ring (bicyclic) bond motifs is 1. The number of rotatable bonds is 5. The zero-order valence-electron chi connectivity index (χ0n) is 13.4. The first-order chi connectivity index (χ1) is 11.6. The highest BCUT2D eigenvalue weighted by Crippen LogP contribution is 2.09. The van der Waals surface area contributed by atoms with E-state index in [9.17, 15) is 14.4 Å².